The van der Waals surface area contributed by atoms with Gasteiger partial charge >= 0.3 is 0 Å². The number of rotatable bonds is 3. The number of hydrazine groups is 3. The number of hydrogen-bond acceptors (Lipinski definition) is 4. The van der Waals surface area contributed by atoms with Crippen molar-refractivity contribution in [1.29, 1.82) is 0 Å². The van der Waals surface area contributed by atoms with E-state index >= 15 is 0 Å². The first-order chi connectivity index (χ1) is 3.27. The minimum atomic E-state index is 0.826. The largest absolute Gasteiger partial charge is 0.241 e. The number of hydrogen-bond donors (Lipinski definition) is 3. The molecule has 0 bridgehead atoms. The third kappa shape index (κ3) is 5.84. The lowest BCUT2D eigenvalue weighted by Crippen LogP contribution is -2.49. The van der Waals surface area contributed by atoms with Crippen LogP contribution in [0.1, 0.15) is 13.3 Å². The lowest BCUT2D eigenvalue weighted by Gasteiger charge is -2.07. The van der Waals surface area contributed by atoms with Gasteiger partial charge in [-0.15, -0.1) is 5.23 Å². The highest BCUT2D eigenvalue weighted by Gasteiger charge is 1.81. The van der Waals surface area contributed by atoms with Crippen molar-refractivity contribution in [3.63, 3.8) is 0 Å². The molecule has 0 aromatic carbocycles. The predicted molar refractivity (Wildman–Crippen MR) is 28.5 cm³/mol. The van der Waals surface area contributed by atoms with Gasteiger partial charge in [-0.05, 0) is 6.42 Å². The Hall–Kier alpha value is -0.160. The van der Waals surface area contributed by atoms with Gasteiger partial charge in [0, 0.05) is 6.54 Å². The van der Waals surface area contributed by atoms with Gasteiger partial charge in [-0.3, -0.25) is 0 Å². The van der Waals surface area contributed by atoms with Gasteiger partial charge in [0.25, 0.3) is 0 Å². The second-order valence-corrected chi connectivity index (χ2v) is 1.32. The van der Waals surface area contributed by atoms with E-state index in [1.165, 1.54) is 0 Å². The zero-order valence-corrected chi connectivity index (χ0v) is 4.52. The molecule has 0 aromatic rings. The maximum absolute atomic E-state index is 4.98. The molecule has 4 heteroatoms. The Morgan fingerprint density at radius 3 is 2.29 bits per heavy atom. The van der Waals surface area contributed by atoms with Gasteiger partial charge in [0.2, 0.25) is 0 Å². The quantitative estimate of drug-likeness (QED) is 0.316. The van der Waals surface area contributed by atoms with Crippen molar-refractivity contribution in [2.45, 2.75) is 13.3 Å². The maximum Gasteiger partial charge on any atom is 0.0126 e. The standard InChI is InChI=1S/C3H12N4/c1-2-3-6-7(4)5/h6H,2-5H2,1H3. The Labute approximate surface area is 43.4 Å². The Balaban J connectivity index is 2.68. The second-order valence-electron chi connectivity index (χ2n) is 1.32. The number of nitrogens with zero attached hydrogens (tertiary/aromatic N) is 1. The summed E-state index contributed by atoms with van der Waals surface area (Å²) in [6.07, 6.45) is 1.03. The fourth-order valence-corrected chi connectivity index (χ4v) is 0.241. The fourth-order valence-electron chi connectivity index (χ4n) is 0.241. The average molecular weight is 104 g/mol. The highest BCUT2D eigenvalue weighted by molar-refractivity contribution is 4.28. The Morgan fingerprint density at radius 2 is 2.14 bits per heavy atom. The summed E-state index contributed by atoms with van der Waals surface area (Å²) in [4.78, 5) is 0. The van der Waals surface area contributed by atoms with E-state index in [2.05, 4.69) is 5.43 Å². The summed E-state index contributed by atoms with van der Waals surface area (Å²) in [5.41, 5.74) is 2.68. The van der Waals surface area contributed by atoms with Crippen molar-refractivity contribution in [3.8, 4) is 0 Å². The van der Waals surface area contributed by atoms with Crippen molar-refractivity contribution < 1.29 is 0 Å². The summed E-state index contributed by atoms with van der Waals surface area (Å²) >= 11 is 0. The molecule has 0 spiro atoms. The molecule has 0 aliphatic heterocycles. The van der Waals surface area contributed by atoms with E-state index in [9.17, 15) is 0 Å². The zero-order valence-electron chi connectivity index (χ0n) is 4.52. The Bertz CT molecular complexity index is 35.9. The van der Waals surface area contributed by atoms with Crippen molar-refractivity contribution in [3.05, 3.63) is 0 Å². The van der Waals surface area contributed by atoms with Crippen LogP contribution in [0.4, 0.5) is 0 Å². The smallest absolute Gasteiger partial charge is 0.0126 e. The van der Waals surface area contributed by atoms with Crippen LogP contribution in [0.25, 0.3) is 0 Å². The van der Waals surface area contributed by atoms with Crippen LogP contribution in [0.2, 0.25) is 0 Å². The highest BCUT2D eigenvalue weighted by atomic mass is 15.8. The molecule has 7 heavy (non-hydrogen) atoms. The minimum absolute atomic E-state index is 0.826. The number of nitrogens with one attached hydrogen (secondary N) is 1. The summed E-state index contributed by atoms with van der Waals surface area (Å²) in [5.74, 6) is 9.96. The van der Waals surface area contributed by atoms with E-state index in [4.69, 9.17) is 11.7 Å². The molecule has 0 saturated carbocycles. The molecule has 0 aliphatic carbocycles. The van der Waals surface area contributed by atoms with Crippen molar-refractivity contribution in [1.82, 2.24) is 10.7 Å². The van der Waals surface area contributed by atoms with Crippen molar-refractivity contribution >= 4 is 0 Å². The average Bonchev–Trinajstić information content (AvgIpc) is 1.61. The van der Waals surface area contributed by atoms with E-state index in [0.717, 1.165) is 18.2 Å². The van der Waals surface area contributed by atoms with Gasteiger partial charge in [-0.1, -0.05) is 6.92 Å². The number of nitrogens with two attached hydrogens (primary N) is 2. The van der Waals surface area contributed by atoms with Gasteiger partial charge in [0.05, 0.1) is 0 Å². The Morgan fingerprint density at radius 1 is 1.57 bits per heavy atom. The van der Waals surface area contributed by atoms with Crippen LogP contribution in [0, 0.1) is 0 Å². The van der Waals surface area contributed by atoms with Crippen LogP contribution in [0.5, 0.6) is 0 Å². The molecule has 0 aromatic heterocycles. The molecule has 5 N–H and O–H groups in total. The maximum atomic E-state index is 4.98. The van der Waals surface area contributed by atoms with Crippen LogP contribution in [0.15, 0.2) is 0 Å². The van der Waals surface area contributed by atoms with E-state index in [1.54, 1.807) is 0 Å². The van der Waals surface area contributed by atoms with Crippen LogP contribution in [-0.4, -0.2) is 11.8 Å². The van der Waals surface area contributed by atoms with Crippen molar-refractivity contribution in [2.75, 3.05) is 6.54 Å². The van der Waals surface area contributed by atoms with E-state index in [0.29, 0.717) is 0 Å². The molecular weight excluding hydrogens is 92.1 g/mol. The molecule has 0 unspecified atom stereocenters. The molecule has 0 atom stereocenters. The van der Waals surface area contributed by atoms with Gasteiger partial charge in [0.15, 0.2) is 0 Å². The first-order valence-corrected chi connectivity index (χ1v) is 2.30. The van der Waals surface area contributed by atoms with Crippen LogP contribution in [-0.2, 0) is 0 Å². The molecule has 44 valence electrons. The summed E-state index contributed by atoms with van der Waals surface area (Å²) in [5, 5.41) is 0.962. The summed E-state index contributed by atoms with van der Waals surface area (Å²) < 4.78 is 0. The summed E-state index contributed by atoms with van der Waals surface area (Å²) in [6.45, 7) is 2.86. The predicted octanol–water partition coefficient (Wildman–Crippen LogP) is -1.05. The second kappa shape index (κ2) is 4.01. The third-order valence-electron chi connectivity index (χ3n) is 0.544. The molecule has 4 nitrogen and oxygen atoms in total. The first kappa shape index (κ1) is 6.84. The fraction of sp³-hybridized carbons (Fsp3) is 1.00. The molecule has 0 fully saturated rings. The van der Waals surface area contributed by atoms with Crippen LogP contribution >= 0.6 is 0 Å². The highest BCUT2D eigenvalue weighted by Crippen LogP contribution is 1.65. The minimum Gasteiger partial charge on any atom is -0.241 e. The van der Waals surface area contributed by atoms with Gasteiger partial charge < -0.3 is 0 Å². The van der Waals surface area contributed by atoms with E-state index in [1.807, 2.05) is 6.92 Å². The summed E-state index contributed by atoms with van der Waals surface area (Å²) in [7, 11) is 0. The zero-order chi connectivity index (χ0) is 5.70. The lowest BCUT2D eigenvalue weighted by atomic mass is 10.5. The SMILES string of the molecule is CCCNN(N)N. The van der Waals surface area contributed by atoms with Crippen LogP contribution in [0.3, 0.4) is 0 Å². The van der Waals surface area contributed by atoms with Crippen LogP contribution < -0.4 is 17.1 Å². The van der Waals surface area contributed by atoms with Gasteiger partial charge in [0.1, 0.15) is 0 Å². The van der Waals surface area contributed by atoms with Gasteiger partial charge in [-0.2, -0.15) is 0 Å². The topological polar surface area (TPSA) is 67.3 Å². The molecule has 0 radical (unpaired) electrons. The normalized spacial score (nSPS) is 10.3. The summed E-state index contributed by atoms with van der Waals surface area (Å²) in [6, 6.07) is 0. The molecule has 0 rings (SSSR count). The lowest BCUT2D eigenvalue weighted by molar-refractivity contribution is 0.197. The van der Waals surface area contributed by atoms with E-state index in [-0.39, 0.29) is 0 Å². The first-order valence-electron chi connectivity index (χ1n) is 2.30. The molecular formula is C3H12N4. The molecule has 0 aliphatic rings. The monoisotopic (exact) mass is 104 g/mol. The van der Waals surface area contributed by atoms with E-state index < -0.39 is 0 Å². The van der Waals surface area contributed by atoms with Gasteiger partial charge in [-0.25, -0.2) is 17.1 Å². The molecule has 0 heterocycles. The van der Waals surface area contributed by atoms with Crippen molar-refractivity contribution in [2.24, 2.45) is 11.7 Å². The Kier molecular flexibility index (Phi) is 3.92. The molecule has 0 saturated heterocycles. The third-order valence-corrected chi connectivity index (χ3v) is 0.544. The molecule has 0 amide bonds.